The lowest BCUT2D eigenvalue weighted by Gasteiger charge is -2.04. The molecule has 0 radical (unpaired) electrons. The number of hydrogen-bond donors (Lipinski definition) is 2. The lowest BCUT2D eigenvalue weighted by molar-refractivity contribution is 0.481. The zero-order valence-corrected chi connectivity index (χ0v) is 9.56. The largest absolute Gasteiger partial charge is 0.506 e. The van der Waals surface area contributed by atoms with Crippen LogP contribution in [-0.2, 0) is 0 Å². The molecule has 0 unspecified atom stereocenters. The van der Waals surface area contributed by atoms with Gasteiger partial charge in [0.1, 0.15) is 5.75 Å². The van der Waals surface area contributed by atoms with Gasteiger partial charge in [-0.1, -0.05) is 46.4 Å². The van der Waals surface area contributed by atoms with Gasteiger partial charge in [0.05, 0.1) is 31.0 Å². The van der Waals surface area contributed by atoms with Crippen molar-refractivity contribution in [3.63, 3.8) is 0 Å². The molecule has 0 saturated heterocycles. The Balaban J connectivity index is 3.05. The van der Waals surface area contributed by atoms with Crippen molar-refractivity contribution in [1.82, 2.24) is 4.98 Å². The van der Waals surface area contributed by atoms with Gasteiger partial charge in [-0.3, -0.25) is 0 Å². The Morgan fingerprint density at radius 3 is 2.14 bits per heavy atom. The van der Waals surface area contributed by atoms with Crippen molar-refractivity contribution in [2.45, 2.75) is 0 Å². The topological polar surface area (TPSA) is 36.0 Å². The lowest BCUT2D eigenvalue weighted by atomic mass is 10.2. The third kappa shape index (κ3) is 1.26. The van der Waals surface area contributed by atoms with Crippen LogP contribution < -0.4 is 0 Å². The standard InChI is InChI=1S/C8H3Cl4NO/c9-4-3-2(14)1-13-8(3)7(12)6(11)5(4)10/h1,13-14H. The van der Waals surface area contributed by atoms with Gasteiger partial charge < -0.3 is 10.1 Å². The average molecular weight is 271 g/mol. The minimum absolute atomic E-state index is 0.00883. The first-order valence-corrected chi connectivity index (χ1v) is 5.07. The van der Waals surface area contributed by atoms with Gasteiger partial charge in [0.15, 0.2) is 0 Å². The van der Waals surface area contributed by atoms with E-state index in [1.54, 1.807) is 0 Å². The Hall–Kier alpha value is -0.280. The second-order valence-electron chi connectivity index (χ2n) is 2.68. The zero-order valence-electron chi connectivity index (χ0n) is 6.54. The summed E-state index contributed by atoms with van der Waals surface area (Å²) in [4.78, 5) is 2.76. The van der Waals surface area contributed by atoms with E-state index in [9.17, 15) is 5.11 Å². The Bertz CT molecular complexity index is 520. The summed E-state index contributed by atoms with van der Waals surface area (Å²) >= 11 is 23.4. The molecule has 0 bridgehead atoms. The number of aromatic nitrogens is 1. The van der Waals surface area contributed by atoms with Crippen LogP contribution in [0.3, 0.4) is 0 Å². The summed E-state index contributed by atoms with van der Waals surface area (Å²) in [6.07, 6.45) is 1.37. The number of benzene rings is 1. The van der Waals surface area contributed by atoms with E-state index in [1.807, 2.05) is 0 Å². The van der Waals surface area contributed by atoms with Crippen molar-refractivity contribution in [2.75, 3.05) is 0 Å². The Kier molecular flexibility index (Phi) is 2.48. The van der Waals surface area contributed by atoms with Gasteiger partial charge >= 0.3 is 0 Å². The van der Waals surface area contributed by atoms with Gasteiger partial charge in [-0.05, 0) is 0 Å². The molecule has 0 aliphatic heterocycles. The third-order valence-electron chi connectivity index (χ3n) is 1.88. The van der Waals surface area contributed by atoms with Crippen LogP contribution in [0.1, 0.15) is 0 Å². The van der Waals surface area contributed by atoms with E-state index < -0.39 is 0 Å². The SMILES string of the molecule is Oc1c[nH]c2c(Cl)c(Cl)c(Cl)c(Cl)c12. The van der Waals surface area contributed by atoms with Crippen LogP contribution in [-0.4, -0.2) is 10.1 Å². The summed E-state index contributed by atoms with van der Waals surface area (Å²) < 4.78 is 0. The molecule has 1 aromatic carbocycles. The van der Waals surface area contributed by atoms with E-state index in [1.165, 1.54) is 6.20 Å². The predicted octanol–water partition coefficient (Wildman–Crippen LogP) is 4.49. The fraction of sp³-hybridized carbons (Fsp3) is 0. The monoisotopic (exact) mass is 269 g/mol. The normalized spacial score (nSPS) is 11.1. The first-order valence-electron chi connectivity index (χ1n) is 3.56. The van der Waals surface area contributed by atoms with Crippen molar-refractivity contribution >= 4 is 57.3 Å². The predicted molar refractivity (Wildman–Crippen MR) is 60.0 cm³/mol. The maximum atomic E-state index is 9.46. The maximum absolute atomic E-state index is 9.46. The molecule has 0 spiro atoms. The number of aromatic hydroxyl groups is 1. The van der Waals surface area contributed by atoms with Crippen LogP contribution in [0.5, 0.6) is 5.75 Å². The van der Waals surface area contributed by atoms with Crippen LogP contribution in [0.15, 0.2) is 6.20 Å². The number of H-pyrrole nitrogens is 1. The molecule has 1 aromatic heterocycles. The van der Waals surface area contributed by atoms with Gasteiger partial charge in [0.25, 0.3) is 0 Å². The zero-order chi connectivity index (χ0) is 10.5. The molecule has 74 valence electrons. The third-order valence-corrected chi connectivity index (χ3v) is 3.68. The fourth-order valence-corrected chi connectivity index (χ4v) is 2.22. The van der Waals surface area contributed by atoms with E-state index in [0.717, 1.165) is 0 Å². The van der Waals surface area contributed by atoms with E-state index >= 15 is 0 Å². The fourth-order valence-electron chi connectivity index (χ4n) is 1.22. The van der Waals surface area contributed by atoms with Crippen LogP contribution in [0.2, 0.25) is 20.1 Å². The second kappa shape index (κ2) is 3.38. The van der Waals surface area contributed by atoms with Crippen LogP contribution >= 0.6 is 46.4 Å². The first-order chi connectivity index (χ1) is 6.54. The molecule has 0 aliphatic rings. The molecular formula is C8H3Cl4NO. The smallest absolute Gasteiger partial charge is 0.142 e. The maximum Gasteiger partial charge on any atom is 0.142 e. The quantitative estimate of drug-likeness (QED) is 0.537. The van der Waals surface area contributed by atoms with Crippen molar-refractivity contribution in [3.8, 4) is 5.75 Å². The molecule has 2 nitrogen and oxygen atoms in total. The van der Waals surface area contributed by atoms with Gasteiger partial charge in [0.2, 0.25) is 0 Å². The molecule has 2 N–H and O–H groups in total. The van der Waals surface area contributed by atoms with Crippen LogP contribution in [0, 0.1) is 0 Å². The highest BCUT2D eigenvalue weighted by molar-refractivity contribution is 6.55. The Labute approximate surface area is 99.3 Å². The molecule has 2 aromatic rings. The molecule has 0 aliphatic carbocycles. The minimum atomic E-state index is -0.00883. The van der Waals surface area contributed by atoms with Gasteiger partial charge in [-0.25, -0.2) is 0 Å². The summed E-state index contributed by atoms with van der Waals surface area (Å²) in [6.45, 7) is 0. The average Bonchev–Trinajstić information content (AvgIpc) is 2.54. The van der Waals surface area contributed by atoms with Gasteiger partial charge in [-0.2, -0.15) is 0 Å². The molecule has 0 saturated carbocycles. The molecule has 1 heterocycles. The Morgan fingerprint density at radius 1 is 0.929 bits per heavy atom. The molecule has 0 atom stereocenters. The van der Waals surface area contributed by atoms with E-state index in [2.05, 4.69) is 4.98 Å². The number of nitrogens with one attached hydrogen (secondary N) is 1. The number of aromatic amines is 1. The van der Waals surface area contributed by atoms with E-state index in [4.69, 9.17) is 46.4 Å². The first kappa shape index (κ1) is 10.2. The highest BCUT2D eigenvalue weighted by Crippen LogP contribution is 2.45. The number of hydrogen-bond acceptors (Lipinski definition) is 1. The summed E-state index contributed by atoms with van der Waals surface area (Å²) in [7, 11) is 0. The van der Waals surface area contributed by atoms with Crippen molar-refractivity contribution in [1.29, 1.82) is 0 Å². The second-order valence-corrected chi connectivity index (χ2v) is 4.19. The molecule has 0 amide bonds. The summed E-state index contributed by atoms with van der Waals surface area (Å²) in [5.41, 5.74) is 0.476. The molecular weight excluding hydrogens is 268 g/mol. The van der Waals surface area contributed by atoms with Crippen molar-refractivity contribution in [3.05, 3.63) is 26.3 Å². The van der Waals surface area contributed by atoms with E-state index in [0.29, 0.717) is 10.9 Å². The van der Waals surface area contributed by atoms with Crippen molar-refractivity contribution in [2.24, 2.45) is 0 Å². The summed E-state index contributed by atoms with van der Waals surface area (Å²) in [5.74, 6) is -0.00883. The lowest BCUT2D eigenvalue weighted by Crippen LogP contribution is -1.78. The summed E-state index contributed by atoms with van der Waals surface area (Å²) in [6, 6.07) is 0. The van der Waals surface area contributed by atoms with Gasteiger partial charge in [-0.15, -0.1) is 0 Å². The minimum Gasteiger partial charge on any atom is -0.506 e. The molecule has 14 heavy (non-hydrogen) atoms. The van der Waals surface area contributed by atoms with Crippen molar-refractivity contribution < 1.29 is 5.11 Å². The molecule has 6 heteroatoms. The number of halogens is 4. The molecule has 2 rings (SSSR count). The highest BCUT2D eigenvalue weighted by Gasteiger charge is 2.18. The van der Waals surface area contributed by atoms with Crippen LogP contribution in [0.4, 0.5) is 0 Å². The number of fused-ring (bicyclic) bond motifs is 1. The van der Waals surface area contributed by atoms with Gasteiger partial charge in [0, 0.05) is 6.20 Å². The van der Waals surface area contributed by atoms with Crippen LogP contribution in [0.25, 0.3) is 10.9 Å². The van der Waals surface area contributed by atoms with E-state index in [-0.39, 0.29) is 25.8 Å². The Morgan fingerprint density at radius 2 is 1.50 bits per heavy atom. The number of rotatable bonds is 0. The molecule has 0 fully saturated rings. The summed E-state index contributed by atoms with van der Waals surface area (Å²) in [5, 5.41) is 10.6. The highest BCUT2D eigenvalue weighted by atomic mass is 35.5.